The molecule has 0 unspecified atom stereocenters. The predicted octanol–water partition coefficient (Wildman–Crippen LogP) is 1.69. The van der Waals surface area contributed by atoms with Crippen LogP contribution < -0.4 is 0 Å². The molecule has 0 amide bonds. The molecule has 1 N–H and O–H groups in total. The second-order valence-electron chi connectivity index (χ2n) is 5.55. The van der Waals surface area contributed by atoms with Crippen molar-refractivity contribution in [2.75, 3.05) is 45.9 Å². The molecule has 1 fully saturated rings. The lowest BCUT2D eigenvalue weighted by Gasteiger charge is -2.34. The molecule has 4 heteroatoms. The fraction of sp³-hybridized carbons (Fsp3) is 0.733. The van der Waals surface area contributed by atoms with Crippen LogP contribution in [-0.4, -0.2) is 60.8 Å². The molecule has 4 nitrogen and oxygen atoms in total. The standard InChI is InChI=1S/C15H26N2O2/c1-13(15-4-3-14(2)19-15)5-6-16-7-9-17(10-8-16)11-12-18/h3-4,13,18H,5-12H2,1-2H3/t13-/m0/s1. The summed E-state index contributed by atoms with van der Waals surface area (Å²) in [5, 5.41) is 8.92. The second-order valence-corrected chi connectivity index (χ2v) is 5.55. The van der Waals surface area contributed by atoms with Crippen LogP contribution in [0, 0.1) is 6.92 Å². The molecule has 1 aromatic rings. The van der Waals surface area contributed by atoms with Crippen molar-refractivity contribution < 1.29 is 9.52 Å². The summed E-state index contributed by atoms with van der Waals surface area (Å²) in [5.74, 6) is 2.60. The van der Waals surface area contributed by atoms with E-state index in [0.29, 0.717) is 5.92 Å². The highest BCUT2D eigenvalue weighted by molar-refractivity contribution is 5.09. The van der Waals surface area contributed by atoms with Crippen molar-refractivity contribution in [1.82, 2.24) is 9.80 Å². The minimum absolute atomic E-state index is 0.273. The molecule has 2 rings (SSSR count). The van der Waals surface area contributed by atoms with Crippen LogP contribution in [0.5, 0.6) is 0 Å². The van der Waals surface area contributed by atoms with Gasteiger partial charge in [0.05, 0.1) is 6.61 Å². The molecule has 0 saturated carbocycles. The van der Waals surface area contributed by atoms with Gasteiger partial charge in [-0.05, 0) is 32.0 Å². The van der Waals surface area contributed by atoms with Crippen LogP contribution in [0.3, 0.4) is 0 Å². The number of β-amino-alcohol motifs (C(OH)–C–C–N with tert-alkyl or cyclic N) is 1. The summed E-state index contributed by atoms with van der Waals surface area (Å²) >= 11 is 0. The first-order valence-electron chi connectivity index (χ1n) is 7.31. The number of rotatable bonds is 6. The molecule has 0 aromatic carbocycles. The van der Waals surface area contributed by atoms with Crippen molar-refractivity contribution in [3.05, 3.63) is 23.7 Å². The molecule has 1 aliphatic rings. The Bertz CT molecular complexity index is 370. The van der Waals surface area contributed by atoms with E-state index in [1.54, 1.807) is 0 Å². The zero-order valence-corrected chi connectivity index (χ0v) is 12.1. The van der Waals surface area contributed by atoms with Gasteiger partial charge in [-0.1, -0.05) is 6.92 Å². The smallest absolute Gasteiger partial charge is 0.107 e. The van der Waals surface area contributed by atoms with Crippen molar-refractivity contribution >= 4 is 0 Å². The van der Waals surface area contributed by atoms with Gasteiger partial charge in [0.25, 0.3) is 0 Å². The highest BCUT2D eigenvalue weighted by Crippen LogP contribution is 2.21. The van der Waals surface area contributed by atoms with E-state index in [1.165, 1.54) is 0 Å². The van der Waals surface area contributed by atoms with Gasteiger partial charge in [0.2, 0.25) is 0 Å². The SMILES string of the molecule is Cc1ccc([C@@H](C)CCN2CCN(CCO)CC2)o1. The normalized spacial score (nSPS) is 19.7. The van der Waals surface area contributed by atoms with Gasteiger partial charge in [0.15, 0.2) is 0 Å². The lowest BCUT2D eigenvalue weighted by Crippen LogP contribution is -2.47. The van der Waals surface area contributed by atoms with Gasteiger partial charge in [0, 0.05) is 38.6 Å². The molecule has 1 aromatic heterocycles. The Balaban J connectivity index is 1.69. The minimum atomic E-state index is 0.273. The molecule has 19 heavy (non-hydrogen) atoms. The first-order valence-corrected chi connectivity index (χ1v) is 7.31. The number of furan rings is 1. The van der Waals surface area contributed by atoms with Crippen LogP contribution >= 0.6 is 0 Å². The third kappa shape index (κ3) is 4.34. The van der Waals surface area contributed by atoms with Crippen molar-refractivity contribution in [1.29, 1.82) is 0 Å². The quantitative estimate of drug-likeness (QED) is 0.850. The van der Waals surface area contributed by atoms with Crippen LogP contribution in [0.2, 0.25) is 0 Å². The average molecular weight is 266 g/mol. The summed E-state index contributed by atoms with van der Waals surface area (Å²) < 4.78 is 5.68. The van der Waals surface area contributed by atoms with Crippen LogP contribution in [-0.2, 0) is 0 Å². The molecule has 1 saturated heterocycles. The summed E-state index contributed by atoms with van der Waals surface area (Å²) in [5.41, 5.74) is 0. The maximum absolute atomic E-state index is 8.92. The van der Waals surface area contributed by atoms with Crippen molar-refractivity contribution in [3.8, 4) is 0 Å². The van der Waals surface area contributed by atoms with Gasteiger partial charge in [-0.3, -0.25) is 4.90 Å². The molecule has 2 heterocycles. The fourth-order valence-electron chi connectivity index (χ4n) is 2.61. The highest BCUT2D eigenvalue weighted by Gasteiger charge is 2.17. The van der Waals surface area contributed by atoms with Gasteiger partial charge >= 0.3 is 0 Å². The van der Waals surface area contributed by atoms with E-state index in [4.69, 9.17) is 9.52 Å². The monoisotopic (exact) mass is 266 g/mol. The summed E-state index contributed by atoms with van der Waals surface area (Å²) in [6.45, 7) is 10.8. The molecule has 0 bridgehead atoms. The van der Waals surface area contributed by atoms with Gasteiger partial charge in [-0.2, -0.15) is 0 Å². The maximum Gasteiger partial charge on any atom is 0.107 e. The lowest BCUT2D eigenvalue weighted by atomic mass is 10.0. The number of nitrogens with zero attached hydrogens (tertiary/aromatic N) is 2. The van der Waals surface area contributed by atoms with Crippen LogP contribution in [0.25, 0.3) is 0 Å². The van der Waals surface area contributed by atoms with E-state index in [1.807, 2.05) is 13.0 Å². The topological polar surface area (TPSA) is 39.9 Å². The van der Waals surface area contributed by atoms with Crippen LogP contribution in [0.4, 0.5) is 0 Å². The lowest BCUT2D eigenvalue weighted by molar-refractivity contribution is 0.110. The molecule has 1 aliphatic heterocycles. The van der Waals surface area contributed by atoms with E-state index in [0.717, 1.165) is 57.2 Å². The number of hydrogen-bond donors (Lipinski definition) is 1. The van der Waals surface area contributed by atoms with E-state index in [2.05, 4.69) is 22.8 Å². The Morgan fingerprint density at radius 3 is 2.32 bits per heavy atom. The van der Waals surface area contributed by atoms with Crippen LogP contribution in [0.15, 0.2) is 16.5 Å². The summed E-state index contributed by atoms with van der Waals surface area (Å²) in [6, 6.07) is 4.14. The molecule has 108 valence electrons. The van der Waals surface area contributed by atoms with Crippen LogP contribution in [0.1, 0.15) is 30.8 Å². The third-order valence-electron chi connectivity index (χ3n) is 4.01. The fourth-order valence-corrected chi connectivity index (χ4v) is 2.61. The number of aryl methyl sites for hydroxylation is 1. The number of aliphatic hydroxyl groups excluding tert-OH is 1. The predicted molar refractivity (Wildman–Crippen MR) is 76.4 cm³/mol. The zero-order valence-electron chi connectivity index (χ0n) is 12.1. The highest BCUT2D eigenvalue weighted by atomic mass is 16.3. The van der Waals surface area contributed by atoms with Gasteiger partial charge in [-0.25, -0.2) is 0 Å². The number of hydrogen-bond acceptors (Lipinski definition) is 4. The Morgan fingerprint density at radius 1 is 1.16 bits per heavy atom. The van der Waals surface area contributed by atoms with E-state index >= 15 is 0 Å². The van der Waals surface area contributed by atoms with E-state index < -0.39 is 0 Å². The molecule has 0 aliphatic carbocycles. The molecule has 1 atom stereocenters. The number of aliphatic hydroxyl groups is 1. The first kappa shape index (κ1) is 14.6. The molecular weight excluding hydrogens is 240 g/mol. The summed E-state index contributed by atoms with van der Waals surface area (Å²) in [4.78, 5) is 4.84. The largest absolute Gasteiger partial charge is 0.466 e. The second kappa shape index (κ2) is 7.08. The van der Waals surface area contributed by atoms with Gasteiger partial charge < -0.3 is 14.4 Å². The van der Waals surface area contributed by atoms with Crippen molar-refractivity contribution in [3.63, 3.8) is 0 Å². The van der Waals surface area contributed by atoms with Crippen molar-refractivity contribution in [2.24, 2.45) is 0 Å². The van der Waals surface area contributed by atoms with Gasteiger partial charge in [0.1, 0.15) is 11.5 Å². The first-order chi connectivity index (χ1) is 9.19. The summed E-state index contributed by atoms with van der Waals surface area (Å²) in [6.07, 6.45) is 1.15. The Labute approximate surface area is 116 Å². The molecule has 0 spiro atoms. The minimum Gasteiger partial charge on any atom is -0.466 e. The summed E-state index contributed by atoms with van der Waals surface area (Å²) in [7, 11) is 0. The van der Waals surface area contributed by atoms with Gasteiger partial charge in [-0.15, -0.1) is 0 Å². The Hall–Kier alpha value is -0.840. The number of piperazine rings is 1. The molecular formula is C15H26N2O2. The van der Waals surface area contributed by atoms with E-state index in [-0.39, 0.29) is 6.61 Å². The third-order valence-corrected chi connectivity index (χ3v) is 4.01. The average Bonchev–Trinajstić information content (AvgIpc) is 2.85. The Kier molecular flexibility index (Phi) is 5.43. The molecule has 0 radical (unpaired) electrons. The zero-order chi connectivity index (χ0) is 13.7. The Morgan fingerprint density at radius 2 is 1.79 bits per heavy atom. The van der Waals surface area contributed by atoms with Crippen molar-refractivity contribution in [2.45, 2.75) is 26.2 Å². The van der Waals surface area contributed by atoms with E-state index in [9.17, 15) is 0 Å². The maximum atomic E-state index is 8.92.